The van der Waals surface area contributed by atoms with Gasteiger partial charge in [-0.1, -0.05) is 178 Å². The van der Waals surface area contributed by atoms with Gasteiger partial charge in [0.05, 0.1) is 11.0 Å². The first-order valence-corrected chi connectivity index (χ1v) is 21.8. The van der Waals surface area contributed by atoms with Gasteiger partial charge >= 0.3 is 0 Å². The van der Waals surface area contributed by atoms with Gasteiger partial charge in [0.2, 0.25) is 0 Å². The van der Waals surface area contributed by atoms with E-state index in [-0.39, 0.29) is 5.41 Å². The smallest absolute Gasteiger partial charge is 0.0544 e. The fourth-order valence-corrected chi connectivity index (χ4v) is 10.9. The summed E-state index contributed by atoms with van der Waals surface area (Å²) in [5, 5.41) is 2.55. The van der Waals surface area contributed by atoms with Gasteiger partial charge in [-0.05, 0) is 139 Å². The molecule has 0 aliphatic heterocycles. The molecule has 0 bridgehead atoms. The Morgan fingerprint density at radius 3 is 1.85 bits per heavy atom. The molecule has 0 fully saturated rings. The molecule has 2 aliphatic rings. The molecule has 290 valence electrons. The summed E-state index contributed by atoms with van der Waals surface area (Å²) >= 11 is 0. The zero-order chi connectivity index (χ0) is 40.7. The van der Waals surface area contributed by atoms with Crippen LogP contribution in [0.25, 0.3) is 83.1 Å². The number of nitrogens with zero attached hydrogens (tertiary/aromatic N) is 1. The highest BCUT2D eigenvalue weighted by Crippen LogP contribution is 2.53. The van der Waals surface area contributed by atoms with Crippen LogP contribution in [0, 0.1) is 0 Å². The third-order valence-electron chi connectivity index (χ3n) is 13.8. The van der Waals surface area contributed by atoms with Crippen molar-refractivity contribution >= 4 is 21.8 Å². The Bertz CT molecular complexity index is 3310. The normalized spacial score (nSPS) is 14.5. The van der Waals surface area contributed by atoms with Crippen LogP contribution < -0.4 is 0 Å². The van der Waals surface area contributed by atoms with Gasteiger partial charge in [-0.2, -0.15) is 0 Å². The Morgan fingerprint density at radius 2 is 1.05 bits per heavy atom. The van der Waals surface area contributed by atoms with Crippen LogP contribution in [0.5, 0.6) is 0 Å². The Balaban J connectivity index is 1.07. The quantitative estimate of drug-likeness (QED) is 0.152. The molecule has 2 aliphatic carbocycles. The molecule has 0 saturated heterocycles. The third kappa shape index (κ3) is 5.68. The van der Waals surface area contributed by atoms with Crippen LogP contribution in [-0.4, -0.2) is 4.57 Å². The van der Waals surface area contributed by atoms with Crippen LogP contribution in [0.4, 0.5) is 0 Å². The summed E-state index contributed by atoms with van der Waals surface area (Å²) in [7, 11) is 0. The minimum atomic E-state index is -0.151. The third-order valence-corrected chi connectivity index (χ3v) is 13.8. The van der Waals surface area contributed by atoms with Crippen molar-refractivity contribution in [3.8, 4) is 61.3 Å². The van der Waals surface area contributed by atoms with E-state index in [9.17, 15) is 0 Å². The van der Waals surface area contributed by atoms with Gasteiger partial charge < -0.3 is 4.57 Å². The summed E-state index contributed by atoms with van der Waals surface area (Å²) in [6, 6.07) is 77.2. The number of para-hydroxylation sites is 1. The summed E-state index contributed by atoms with van der Waals surface area (Å²) < 4.78 is 2.54. The summed E-state index contributed by atoms with van der Waals surface area (Å²) in [5.74, 6) is 0.346. The molecular formula is C60H45N. The molecule has 0 spiro atoms. The maximum atomic E-state index is 2.54. The van der Waals surface area contributed by atoms with Crippen molar-refractivity contribution in [3.63, 3.8) is 0 Å². The standard InChI is InChI=1S/C60H45N/c1-60(2)55-32-30-42(40-19-8-4-9-20-40)36-52(55)53-37-54-49-24-14-15-28-57(49)61(58(54)38-56(53)60)45-34-43(41-21-10-5-11-22-41)33-44(35-45)46-26-16-27-51-48(31-29-39-17-6-3-7-18-39)47-23-12-13-25-50(47)59(46)51/h3-28,30,32-38,48H,29,31H2,1-2H3. The first kappa shape index (κ1) is 35.7. The van der Waals surface area contributed by atoms with E-state index in [4.69, 9.17) is 0 Å². The van der Waals surface area contributed by atoms with Crippen LogP contribution in [-0.2, 0) is 11.8 Å². The fraction of sp³-hybridized carbons (Fsp3) is 0.100. The lowest BCUT2D eigenvalue weighted by Gasteiger charge is -2.22. The number of aromatic nitrogens is 1. The van der Waals surface area contributed by atoms with Crippen molar-refractivity contribution in [3.05, 3.63) is 234 Å². The maximum Gasteiger partial charge on any atom is 0.0544 e. The predicted molar refractivity (Wildman–Crippen MR) is 257 cm³/mol. The van der Waals surface area contributed by atoms with E-state index in [1.165, 1.54) is 111 Å². The molecule has 9 aromatic carbocycles. The van der Waals surface area contributed by atoms with E-state index in [0.29, 0.717) is 5.92 Å². The van der Waals surface area contributed by atoms with Crippen molar-refractivity contribution in [2.45, 2.75) is 38.0 Å². The molecular weight excluding hydrogens is 735 g/mol. The van der Waals surface area contributed by atoms with Gasteiger partial charge in [-0.15, -0.1) is 0 Å². The van der Waals surface area contributed by atoms with Crippen LogP contribution in [0.2, 0.25) is 0 Å². The van der Waals surface area contributed by atoms with Crippen molar-refractivity contribution in [2.75, 3.05) is 0 Å². The minimum absolute atomic E-state index is 0.151. The summed E-state index contributed by atoms with van der Waals surface area (Å²) in [4.78, 5) is 0. The van der Waals surface area contributed by atoms with Crippen molar-refractivity contribution in [2.24, 2.45) is 0 Å². The van der Waals surface area contributed by atoms with Crippen molar-refractivity contribution < 1.29 is 0 Å². The predicted octanol–water partition coefficient (Wildman–Crippen LogP) is 15.8. The highest BCUT2D eigenvalue weighted by atomic mass is 15.0. The Kier molecular flexibility index (Phi) is 8.15. The summed E-state index contributed by atoms with van der Waals surface area (Å²) in [6.45, 7) is 4.79. The molecule has 1 atom stereocenters. The molecule has 61 heavy (non-hydrogen) atoms. The van der Waals surface area contributed by atoms with Crippen LogP contribution in [0.1, 0.15) is 54.0 Å². The minimum Gasteiger partial charge on any atom is -0.309 e. The molecule has 1 nitrogen and oxygen atoms in total. The van der Waals surface area contributed by atoms with E-state index in [2.05, 4.69) is 225 Å². The van der Waals surface area contributed by atoms with E-state index in [1.807, 2.05) is 0 Å². The number of hydrogen-bond donors (Lipinski definition) is 0. The first-order valence-electron chi connectivity index (χ1n) is 21.8. The van der Waals surface area contributed by atoms with Crippen LogP contribution in [0.3, 0.4) is 0 Å². The summed E-state index contributed by atoms with van der Waals surface area (Å²) in [6.07, 6.45) is 2.12. The molecule has 0 N–H and O–H groups in total. The van der Waals surface area contributed by atoms with Gasteiger partial charge in [0.25, 0.3) is 0 Å². The zero-order valence-electron chi connectivity index (χ0n) is 34.6. The lowest BCUT2D eigenvalue weighted by atomic mass is 9.82. The van der Waals surface area contributed by atoms with E-state index in [1.54, 1.807) is 0 Å². The van der Waals surface area contributed by atoms with Gasteiger partial charge in [0.15, 0.2) is 0 Å². The second kappa shape index (κ2) is 13.9. The van der Waals surface area contributed by atoms with Gasteiger partial charge in [0.1, 0.15) is 0 Å². The molecule has 1 unspecified atom stereocenters. The molecule has 0 radical (unpaired) electrons. The van der Waals surface area contributed by atoms with E-state index >= 15 is 0 Å². The molecule has 12 rings (SSSR count). The Morgan fingerprint density at radius 1 is 0.410 bits per heavy atom. The van der Waals surface area contributed by atoms with Gasteiger partial charge in [-0.3, -0.25) is 0 Å². The van der Waals surface area contributed by atoms with E-state index in [0.717, 1.165) is 12.8 Å². The lowest BCUT2D eigenvalue weighted by molar-refractivity contribution is 0.661. The second-order valence-corrected chi connectivity index (χ2v) is 17.6. The highest BCUT2D eigenvalue weighted by Gasteiger charge is 2.37. The van der Waals surface area contributed by atoms with Crippen molar-refractivity contribution in [1.82, 2.24) is 4.57 Å². The topological polar surface area (TPSA) is 4.93 Å². The number of benzene rings is 9. The van der Waals surface area contributed by atoms with Gasteiger partial charge in [-0.25, -0.2) is 0 Å². The fourth-order valence-electron chi connectivity index (χ4n) is 10.9. The largest absolute Gasteiger partial charge is 0.309 e. The van der Waals surface area contributed by atoms with Gasteiger partial charge in [0, 0.05) is 27.8 Å². The molecule has 1 heterocycles. The Hall–Kier alpha value is -7.22. The van der Waals surface area contributed by atoms with Crippen LogP contribution >= 0.6 is 0 Å². The Labute approximate surface area is 358 Å². The zero-order valence-corrected chi connectivity index (χ0v) is 34.6. The maximum absolute atomic E-state index is 2.54. The number of aryl methyl sites for hydroxylation is 1. The van der Waals surface area contributed by atoms with Crippen LogP contribution in [0.15, 0.2) is 206 Å². The number of fused-ring (bicyclic) bond motifs is 9. The average molecular weight is 780 g/mol. The molecule has 0 amide bonds. The summed E-state index contributed by atoms with van der Waals surface area (Å²) in [5.41, 5.74) is 23.4. The van der Waals surface area contributed by atoms with E-state index < -0.39 is 0 Å². The first-order chi connectivity index (χ1) is 30.0. The highest BCUT2D eigenvalue weighted by molar-refractivity contribution is 6.12. The SMILES string of the molecule is CC1(C)c2ccc(-c3ccccc3)cc2-c2cc3c4ccccc4n(-c4cc(-c5ccccc5)cc(-c5cccc6c5-c5ccccc5C6CCc5ccccc5)c4)c3cc21. The molecule has 1 heteroatoms. The number of rotatable bonds is 7. The average Bonchev–Trinajstić information content (AvgIpc) is 3.90. The molecule has 0 saturated carbocycles. The molecule has 10 aromatic rings. The second-order valence-electron chi connectivity index (χ2n) is 17.6. The molecule has 1 aromatic heterocycles. The monoisotopic (exact) mass is 779 g/mol. The van der Waals surface area contributed by atoms with Crippen molar-refractivity contribution in [1.29, 1.82) is 0 Å². The number of hydrogen-bond acceptors (Lipinski definition) is 0. The lowest BCUT2D eigenvalue weighted by Crippen LogP contribution is -2.15.